The summed E-state index contributed by atoms with van der Waals surface area (Å²) in [4.78, 5) is 11.6. The van der Waals surface area contributed by atoms with Crippen molar-refractivity contribution in [3.05, 3.63) is 64.2 Å². The second-order valence-electron chi connectivity index (χ2n) is 4.67. The number of rotatable bonds is 5. The summed E-state index contributed by atoms with van der Waals surface area (Å²) in [5, 5.41) is 4.23. The summed E-state index contributed by atoms with van der Waals surface area (Å²) in [6, 6.07) is 8.32. The van der Waals surface area contributed by atoms with Crippen molar-refractivity contribution in [3.63, 3.8) is 0 Å². The molecule has 0 aromatic heterocycles. The van der Waals surface area contributed by atoms with E-state index in [4.69, 9.17) is 16.3 Å². The number of ether oxygens (including phenoxy) is 1. The van der Waals surface area contributed by atoms with Gasteiger partial charge in [-0.15, -0.1) is 0 Å². The number of nitrogens with one attached hydrogen (secondary N) is 1. The van der Waals surface area contributed by atoms with Crippen LogP contribution in [0.3, 0.4) is 0 Å². The molecule has 2 rings (SSSR count). The van der Waals surface area contributed by atoms with Crippen LogP contribution in [-0.2, 0) is 4.79 Å². The van der Waals surface area contributed by atoms with Gasteiger partial charge in [0.2, 0.25) is 0 Å². The fourth-order valence-electron chi connectivity index (χ4n) is 1.72. The summed E-state index contributed by atoms with van der Waals surface area (Å²) in [5.74, 6) is -1.88. The van der Waals surface area contributed by atoms with Gasteiger partial charge in [-0.1, -0.05) is 17.7 Å². The van der Waals surface area contributed by atoms with Gasteiger partial charge in [0.1, 0.15) is 5.75 Å². The van der Waals surface area contributed by atoms with E-state index in [2.05, 4.69) is 10.5 Å². The van der Waals surface area contributed by atoms with Crippen LogP contribution in [0.25, 0.3) is 0 Å². The normalized spacial score (nSPS) is 10.8. The minimum atomic E-state index is -0.984. The Morgan fingerprint density at radius 2 is 2.04 bits per heavy atom. The predicted molar refractivity (Wildman–Crippen MR) is 83.8 cm³/mol. The zero-order valence-electron chi connectivity index (χ0n) is 12.1. The van der Waals surface area contributed by atoms with Gasteiger partial charge in [0.05, 0.1) is 6.21 Å². The lowest BCUT2D eigenvalue weighted by Crippen LogP contribution is -2.24. The second-order valence-corrected chi connectivity index (χ2v) is 5.10. The molecule has 0 aliphatic carbocycles. The third-order valence-electron chi connectivity index (χ3n) is 2.84. The number of benzene rings is 2. The summed E-state index contributed by atoms with van der Waals surface area (Å²) < 4.78 is 31.1. The minimum absolute atomic E-state index is 0.239. The SMILES string of the molecule is Cc1cc(Cl)ccc1OCC(=O)N/N=C\c1ccc(F)c(F)c1. The van der Waals surface area contributed by atoms with Crippen LogP contribution in [0.1, 0.15) is 11.1 Å². The average molecular weight is 339 g/mol. The lowest BCUT2D eigenvalue weighted by molar-refractivity contribution is -0.123. The number of hydrogen-bond donors (Lipinski definition) is 1. The van der Waals surface area contributed by atoms with Crippen LogP contribution in [-0.4, -0.2) is 18.7 Å². The molecule has 0 spiro atoms. The van der Waals surface area contributed by atoms with E-state index in [0.29, 0.717) is 16.3 Å². The van der Waals surface area contributed by atoms with Gasteiger partial charge in [-0.2, -0.15) is 5.10 Å². The maximum absolute atomic E-state index is 13.0. The molecule has 0 fully saturated rings. The van der Waals surface area contributed by atoms with Crippen LogP contribution in [0.2, 0.25) is 5.02 Å². The van der Waals surface area contributed by atoms with Crippen molar-refractivity contribution in [2.24, 2.45) is 5.10 Å². The van der Waals surface area contributed by atoms with Crippen LogP contribution in [0.4, 0.5) is 8.78 Å². The second kappa shape index (κ2) is 7.69. The quantitative estimate of drug-likeness (QED) is 0.670. The smallest absolute Gasteiger partial charge is 0.277 e. The molecule has 1 N–H and O–H groups in total. The molecule has 0 atom stereocenters. The number of aryl methyl sites for hydroxylation is 1. The van der Waals surface area contributed by atoms with Crippen molar-refractivity contribution in [2.45, 2.75) is 6.92 Å². The van der Waals surface area contributed by atoms with E-state index in [1.54, 1.807) is 25.1 Å². The Bertz CT molecular complexity index is 751. The molecule has 2 aromatic carbocycles. The van der Waals surface area contributed by atoms with E-state index in [0.717, 1.165) is 17.7 Å². The molecule has 0 aliphatic heterocycles. The summed E-state index contributed by atoms with van der Waals surface area (Å²) in [6.07, 6.45) is 1.20. The first-order chi connectivity index (χ1) is 11.0. The monoisotopic (exact) mass is 338 g/mol. The minimum Gasteiger partial charge on any atom is -0.483 e. The summed E-state index contributed by atoms with van der Waals surface area (Å²) >= 11 is 5.82. The van der Waals surface area contributed by atoms with E-state index >= 15 is 0 Å². The zero-order chi connectivity index (χ0) is 16.8. The third-order valence-corrected chi connectivity index (χ3v) is 3.08. The molecule has 23 heavy (non-hydrogen) atoms. The van der Waals surface area contributed by atoms with Gasteiger partial charge >= 0.3 is 0 Å². The Kier molecular flexibility index (Phi) is 5.65. The predicted octanol–water partition coefficient (Wildman–Crippen LogP) is 3.46. The number of amides is 1. The standard InChI is InChI=1S/C16H13ClF2N2O2/c1-10-6-12(17)3-5-15(10)23-9-16(22)21-20-8-11-2-4-13(18)14(19)7-11/h2-8H,9H2,1H3,(H,21,22)/b20-8-. The molecule has 0 radical (unpaired) electrons. The zero-order valence-corrected chi connectivity index (χ0v) is 12.9. The van der Waals surface area contributed by atoms with Crippen molar-refractivity contribution in [1.82, 2.24) is 5.43 Å². The van der Waals surface area contributed by atoms with E-state index < -0.39 is 17.5 Å². The van der Waals surface area contributed by atoms with Crippen LogP contribution >= 0.6 is 11.6 Å². The van der Waals surface area contributed by atoms with Crippen molar-refractivity contribution >= 4 is 23.7 Å². The molecule has 0 bridgehead atoms. The first-order valence-corrected chi connectivity index (χ1v) is 6.99. The van der Waals surface area contributed by atoms with E-state index in [-0.39, 0.29) is 6.61 Å². The van der Waals surface area contributed by atoms with Gasteiger partial charge in [-0.3, -0.25) is 4.79 Å². The molecule has 120 valence electrons. The van der Waals surface area contributed by atoms with E-state index in [9.17, 15) is 13.6 Å². The molecule has 0 aliphatic rings. The Morgan fingerprint density at radius 3 is 2.74 bits per heavy atom. The first kappa shape index (κ1) is 16.9. The fraction of sp³-hybridized carbons (Fsp3) is 0.125. The maximum atomic E-state index is 13.0. The number of halogens is 3. The number of carbonyl (C=O) groups is 1. The van der Waals surface area contributed by atoms with Crippen LogP contribution in [0.15, 0.2) is 41.5 Å². The highest BCUT2D eigenvalue weighted by Gasteiger charge is 2.05. The Balaban J connectivity index is 1.85. The number of nitrogens with zero attached hydrogens (tertiary/aromatic N) is 1. The Labute approximate surface area is 136 Å². The molecular formula is C16H13ClF2N2O2. The largest absolute Gasteiger partial charge is 0.483 e. The highest BCUT2D eigenvalue weighted by atomic mass is 35.5. The van der Waals surface area contributed by atoms with Crippen LogP contribution in [0.5, 0.6) is 5.75 Å². The highest BCUT2D eigenvalue weighted by molar-refractivity contribution is 6.30. The van der Waals surface area contributed by atoms with Gasteiger partial charge < -0.3 is 4.74 Å². The molecule has 4 nitrogen and oxygen atoms in total. The molecule has 2 aromatic rings. The molecular weight excluding hydrogens is 326 g/mol. The van der Waals surface area contributed by atoms with Gasteiger partial charge in [-0.25, -0.2) is 14.2 Å². The summed E-state index contributed by atoms with van der Waals surface area (Å²) in [7, 11) is 0. The third kappa shape index (κ3) is 5.03. The molecule has 1 amide bonds. The topological polar surface area (TPSA) is 50.7 Å². The molecule has 0 heterocycles. The summed E-state index contributed by atoms with van der Waals surface area (Å²) in [5.41, 5.74) is 3.35. The first-order valence-electron chi connectivity index (χ1n) is 6.61. The van der Waals surface area contributed by atoms with Crippen molar-refractivity contribution in [3.8, 4) is 5.75 Å². The van der Waals surface area contributed by atoms with Crippen LogP contribution < -0.4 is 10.2 Å². The maximum Gasteiger partial charge on any atom is 0.277 e. The fourth-order valence-corrected chi connectivity index (χ4v) is 1.95. The van der Waals surface area contributed by atoms with Crippen LogP contribution in [0, 0.1) is 18.6 Å². The van der Waals surface area contributed by atoms with Gasteiger partial charge in [0.15, 0.2) is 18.2 Å². The molecule has 7 heteroatoms. The average Bonchev–Trinajstić information content (AvgIpc) is 2.50. The molecule has 0 unspecified atom stereocenters. The number of hydrazone groups is 1. The molecule has 0 saturated heterocycles. The molecule has 0 saturated carbocycles. The van der Waals surface area contributed by atoms with Crippen molar-refractivity contribution in [2.75, 3.05) is 6.61 Å². The van der Waals surface area contributed by atoms with Gasteiger partial charge in [0, 0.05) is 5.02 Å². The Morgan fingerprint density at radius 1 is 1.26 bits per heavy atom. The van der Waals surface area contributed by atoms with Crippen molar-refractivity contribution < 1.29 is 18.3 Å². The lowest BCUT2D eigenvalue weighted by Gasteiger charge is -2.08. The Hall–Kier alpha value is -2.47. The van der Waals surface area contributed by atoms with E-state index in [1.165, 1.54) is 12.3 Å². The van der Waals surface area contributed by atoms with E-state index in [1.807, 2.05) is 0 Å². The highest BCUT2D eigenvalue weighted by Crippen LogP contribution is 2.21. The summed E-state index contributed by atoms with van der Waals surface area (Å²) in [6.45, 7) is 1.57. The van der Waals surface area contributed by atoms with Crippen molar-refractivity contribution in [1.29, 1.82) is 0 Å². The number of hydrogen-bond acceptors (Lipinski definition) is 3. The lowest BCUT2D eigenvalue weighted by atomic mass is 10.2. The van der Waals surface area contributed by atoms with Gasteiger partial charge in [-0.05, 0) is 48.4 Å². The van der Waals surface area contributed by atoms with Gasteiger partial charge in [0.25, 0.3) is 5.91 Å². The number of carbonyl (C=O) groups excluding carboxylic acids is 1.